The minimum absolute atomic E-state index is 0.0804. The SMILES string of the molecule is CCC(=O)OC1NC(=O)C1C(C)O[Si](C)(C)C(C)(C)C. The Kier molecular flexibility index (Phi) is 5.02. The minimum atomic E-state index is -1.94. The maximum Gasteiger partial charge on any atom is 0.307 e. The number of β-lactam (4-membered cyclic amide) rings is 1. The van der Waals surface area contributed by atoms with E-state index in [2.05, 4.69) is 39.2 Å². The molecule has 0 aliphatic carbocycles. The summed E-state index contributed by atoms with van der Waals surface area (Å²) in [7, 11) is -1.94. The van der Waals surface area contributed by atoms with Gasteiger partial charge in [0.15, 0.2) is 14.5 Å². The maximum absolute atomic E-state index is 11.7. The van der Waals surface area contributed by atoms with Gasteiger partial charge in [-0.3, -0.25) is 9.59 Å². The summed E-state index contributed by atoms with van der Waals surface area (Å²) in [5.41, 5.74) is 0. The van der Waals surface area contributed by atoms with Crippen LogP contribution in [0.25, 0.3) is 0 Å². The Morgan fingerprint density at radius 2 is 1.95 bits per heavy atom. The predicted octanol–water partition coefficient (Wildman–Crippen LogP) is 2.42. The van der Waals surface area contributed by atoms with E-state index in [1.54, 1.807) is 6.92 Å². The second-order valence-corrected chi connectivity index (χ2v) is 11.6. The Hall–Kier alpha value is -0.883. The summed E-state index contributed by atoms with van der Waals surface area (Å²) in [5, 5.41) is 2.70. The van der Waals surface area contributed by atoms with Crippen LogP contribution in [0, 0.1) is 5.92 Å². The molecule has 0 saturated carbocycles. The zero-order chi connectivity index (χ0) is 15.7. The van der Waals surface area contributed by atoms with Crippen LogP contribution in [-0.4, -0.2) is 32.5 Å². The molecule has 0 bridgehead atoms. The number of esters is 1. The predicted molar refractivity (Wildman–Crippen MR) is 79.5 cm³/mol. The van der Waals surface area contributed by atoms with Crippen LogP contribution >= 0.6 is 0 Å². The van der Waals surface area contributed by atoms with Crippen LogP contribution in [0.1, 0.15) is 41.0 Å². The number of carbonyl (C=O) groups excluding carboxylic acids is 2. The molecule has 1 fully saturated rings. The van der Waals surface area contributed by atoms with Crippen molar-refractivity contribution in [1.82, 2.24) is 5.32 Å². The molecule has 1 rings (SSSR count). The molecule has 20 heavy (non-hydrogen) atoms. The van der Waals surface area contributed by atoms with Gasteiger partial charge in [0.1, 0.15) is 5.92 Å². The molecular formula is C14H27NO4Si. The van der Waals surface area contributed by atoms with Gasteiger partial charge >= 0.3 is 5.97 Å². The molecule has 0 aromatic rings. The highest BCUT2D eigenvalue weighted by atomic mass is 28.4. The Bertz CT molecular complexity index is 389. The van der Waals surface area contributed by atoms with Gasteiger partial charge in [-0.15, -0.1) is 0 Å². The quantitative estimate of drug-likeness (QED) is 0.481. The Labute approximate surface area is 122 Å². The van der Waals surface area contributed by atoms with E-state index in [1.807, 2.05) is 6.92 Å². The summed E-state index contributed by atoms with van der Waals surface area (Å²) >= 11 is 0. The fraction of sp³-hybridized carbons (Fsp3) is 0.857. The Morgan fingerprint density at radius 1 is 1.40 bits per heavy atom. The van der Waals surface area contributed by atoms with Gasteiger partial charge in [0.05, 0.1) is 6.10 Å². The topological polar surface area (TPSA) is 64.6 Å². The van der Waals surface area contributed by atoms with Crippen molar-refractivity contribution in [3.8, 4) is 0 Å². The van der Waals surface area contributed by atoms with Crippen LogP contribution in [0.5, 0.6) is 0 Å². The van der Waals surface area contributed by atoms with Crippen molar-refractivity contribution >= 4 is 20.2 Å². The molecule has 3 unspecified atom stereocenters. The lowest BCUT2D eigenvalue weighted by atomic mass is 9.93. The number of ether oxygens (including phenoxy) is 1. The molecule has 6 heteroatoms. The van der Waals surface area contributed by atoms with Crippen molar-refractivity contribution in [1.29, 1.82) is 0 Å². The van der Waals surface area contributed by atoms with Gasteiger partial charge in [0.2, 0.25) is 5.91 Å². The fourth-order valence-corrected chi connectivity index (χ4v) is 3.30. The lowest BCUT2D eigenvalue weighted by molar-refractivity contribution is -0.174. The number of nitrogens with one attached hydrogen (secondary N) is 1. The van der Waals surface area contributed by atoms with Crippen molar-refractivity contribution in [2.75, 3.05) is 0 Å². The molecule has 0 radical (unpaired) electrons. The summed E-state index contributed by atoms with van der Waals surface area (Å²) in [6.45, 7) is 14.4. The van der Waals surface area contributed by atoms with Gasteiger partial charge in [-0.25, -0.2) is 0 Å². The number of amides is 1. The molecule has 1 N–H and O–H groups in total. The summed E-state index contributed by atoms with van der Waals surface area (Å²) in [6, 6.07) is 0. The summed E-state index contributed by atoms with van der Waals surface area (Å²) < 4.78 is 11.4. The first kappa shape index (κ1) is 17.2. The molecule has 1 aliphatic rings. The lowest BCUT2D eigenvalue weighted by Crippen LogP contribution is -2.65. The molecule has 0 aromatic heterocycles. The second-order valence-electron chi connectivity index (χ2n) is 6.88. The average Bonchev–Trinajstić information content (AvgIpc) is 2.25. The van der Waals surface area contributed by atoms with Crippen LogP contribution in [-0.2, 0) is 18.8 Å². The van der Waals surface area contributed by atoms with Crippen LogP contribution in [0.4, 0.5) is 0 Å². The van der Waals surface area contributed by atoms with Crippen molar-refractivity contribution in [3.05, 3.63) is 0 Å². The molecule has 0 spiro atoms. The van der Waals surface area contributed by atoms with E-state index in [0.29, 0.717) is 6.42 Å². The minimum Gasteiger partial charge on any atom is -0.441 e. The van der Waals surface area contributed by atoms with Crippen LogP contribution < -0.4 is 5.32 Å². The molecule has 1 saturated heterocycles. The summed E-state index contributed by atoms with van der Waals surface area (Å²) in [6.07, 6.45) is -0.495. The van der Waals surface area contributed by atoms with Crippen molar-refractivity contribution < 1.29 is 18.8 Å². The number of hydrogen-bond donors (Lipinski definition) is 1. The first-order chi connectivity index (χ1) is 8.99. The number of rotatable bonds is 5. The Morgan fingerprint density at radius 3 is 2.35 bits per heavy atom. The highest BCUT2D eigenvalue weighted by Gasteiger charge is 2.49. The third kappa shape index (κ3) is 3.61. The van der Waals surface area contributed by atoms with E-state index >= 15 is 0 Å². The third-order valence-electron chi connectivity index (χ3n) is 4.25. The average molecular weight is 301 g/mol. The first-order valence-electron chi connectivity index (χ1n) is 7.17. The molecule has 1 amide bonds. The monoisotopic (exact) mass is 301 g/mol. The fourth-order valence-electron chi connectivity index (χ4n) is 1.87. The van der Waals surface area contributed by atoms with Gasteiger partial charge in [-0.2, -0.15) is 0 Å². The van der Waals surface area contributed by atoms with E-state index in [4.69, 9.17) is 9.16 Å². The van der Waals surface area contributed by atoms with Crippen LogP contribution in [0.15, 0.2) is 0 Å². The standard InChI is InChI=1S/C14H27NO4Si/c1-8-10(16)18-13-11(12(17)15-13)9(2)19-20(6,7)14(3,4)5/h9,11,13H,8H2,1-7H3,(H,15,17). The number of hydrogen-bond acceptors (Lipinski definition) is 4. The maximum atomic E-state index is 11.7. The summed E-state index contributed by atoms with van der Waals surface area (Å²) in [4.78, 5) is 23.0. The number of carbonyl (C=O) groups is 2. The van der Waals surface area contributed by atoms with Crippen molar-refractivity contribution in [3.63, 3.8) is 0 Å². The molecular weight excluding hydrogens is 274 g/mol. The van der Waals surface area contributed by atoms with E-state index in [1.165, 1.54) is 0 Å². The normalized spacial score (nSPS) is 24.6. The second kappa shape index (κ2) is 5.85. The molecule has 116 valence electrons. The van der Waals surface area contributed by atoms with Gasteiger partial charge in [-0.05, 0) is 25.1 Å². The van der Waals surface area contributed by atoms with Gasteiger partial charge in [0, 0.05) is 6.42 Å². The van der Waals surface area contributed by atoms with Gasteiger partial charge in [0.25, 0.3) is 0 Å². The first-order valence-corrected chi connectivity index (χ1v) is 10.1. The smallest absolute Gasteiger partial charge is 0.307 e. The highest BCUT2D eigenvalue weighted by molar-refractivity contribution is 6.74. The van der Waals surface area contributed by atoms with Gasteiger partial charge in [-0.1, -0.05) is 27.7 Å². The Balaban J connectivity index is 2.68. The lowest BCUT2D eigenvalue weighted by Gasteiger charge is -2.44. The van der Waals surface area contributed by atoms with Gasteiger partial charge < -0.3 is 14.5 Å². The molecule has 1 heterocycles. The third-order valence-corrected chi connectivity index (χ3v) is 8.83. The zero-order valence-corrected chi connectivity index (χ0v) is 14.6. The molecule has 3 atom stereocenters. The van der Waals surface area contributed by atoms with Crippen LogP contribution in [0.3, 0.4) is 0 Å². The van der Waals surface area contributed by atoms with E-state index in [9.17, 15) is 9.59 Å². The molecule has 0 aromatic carbocycles. The van der Waals surface area contributed by atoms with E-state index in [0.717, 1.165) is 0 Å². The zero-order valence-electron chi connectivity index (χ0n) is 13.6. The van der Waals surface area contributed by atoms with Crippen molar-refractivity contribution in [2.24, 2.45) is 5.92 Å². The largest absolute Gasteiger partial charge is 0.441 e. The highest BCUT2D eigenvalue weighted by Crippen LogP contribution is 2.39. The van der Waals surface area contributed by atoms with E-state index < -0.39 is 20.5 Å². The summed E-state index contributed by atoms with van der Waals surface area (Å²) in [5.74, 6) is -0.815. The van der Waals surface area contributed by atoms with Crippen molar-refractivity contribution in [2.45, 2.75) is 71.5 Å². The molecule has 5 nitrogen and oxygen atoms in total. The van der Waals surface area contributed by atoms with Crippen LogP contribution in [0.2, 0.25) is 18.1 Å². The van der Waals surface area contributed by atoms with E-state index in [-0.39, 0.29) is 23.0 Å². The molecule has 1 aliphatic heterocycles.